The van der Waals surface area contributed by atoms with Gasteiger partial charge < -0.3 is 19.2 Å². The molecule has 5 heteroatoms. The summed E-state index contributed by atoms with van der Waals surface area (Å²) in [4.78, 5) is 4.47. The smallest absolute Gasteiger partial charge is 0.225 e. The number of methoxy groups -OCH3 is 1. The molecule has 0 radical (unpaired) electrons. The maximum absolute atomic E-state index is 5.87. The van der Waals surface area contributed by atoms with E-state index in [2.05, 4.69) is 28.5 Å². The van der Waals surface area contributed by atoms with E-state index in [-0.39, 0.29) is 0 Å². The molecule has 0 amide bonds. The summed E-state index contributed by atoms with van der Waals surface area (Å²) in [5.74, 6) is 2.57. The second-order valence-corrected chi connectivity index (χ2v) is 6.20. The van der Waals surface area contributed by atoms with Crippen molar-refractivity contribution in [1.82, 2.24) is 4.98 Å². The highest BCUT2D eigenvalue weighted by molar-refractivity contribution is 5.78. The summed E-state index contributed by atoms with van der Waals surface area (Å²) in [6.07, 6.45) is 1.74. The highest BCUT2D eigenvalue weighted by Gasteiger charge is 2.18. The fourth-order valence-electron chi connectivity index (χ4n) is 3.10. The Morgan fingerprint density at radius 1 is 0.963 bits per heavy atom. The van der Waals surface area contributed by atoms with Gasteiger partial charge in [-0.2, -0.15) is 0 Å². The number of fused-ring (bicyclic) bond motifs is 2. The molecule has 5 nitrogen and oxygen atoms in total. The Balaban J connectivity index is 1.43. The van der Waals surface area contributed by atoms with Gasteiger partial charge >= 0.3 is 0 Å². The van der Waals surface area contributed by atoms with Crippen LogP contribution in [0.2, 0.25) is 0 Å². The summed E-state index contributed by atoms with van der Waals surface area (Å²) in [5.41, 5.74) is 4.64. The number of benzene rings is 3. The summed E-state index contributed by atoms with van der Waals surface area (Å²) in [5, 5.41) is 3.27. The van der Waals surface area contributed by atoms with E-state index >= 15 is 0 Å². The Hall–Kier alpha value is -3.73. The van der Waals surface area contributed by atoms with Gasteiger partial charge in [-0.25, -0.2) is 4.98 Å². The lowest BCUT2D eigenvalue weighted by Crippen LogP contribution is -1.96. The number of hydrogen-bond donors (Lipinski definition) is 1. The van der Waals surface area contributed by atoms with E-state index in [9.17, 15) is 0 Å². The third-order valence-corrected chi connectivity index (χ3v) is 4.43. The van der Waals surface area contributed by atoms with E-state index in [0.29, 0.717) is 17.4 Å². The molecule has 0 aliphatic carbocycles. The Bertz CT molecular complexity index is 1160. The summed E-state index contributed by atoms with van der Waals surface area (Å²) in [6, 6.07) is 21.8. The van der Waals surface area contributed by atoms with Crippen LogP contribution < -0.4 is 14.8 Å². The number of oxazole rings is 1. The molecule has 1 aliphatic heterocycles. The minimum Gasteiger partial charge on any atom is -0.497 e. The summed E-state index contributed by atoms with van der Waals surface area (Å²) < 4.78 is 16.8. The van der Waals surface area contributed by atoms with Crippen molar-refractivity contribution in [1.29, 1.82) is 0 Å². The quantitative estimate of drug-likeness (QED) is 0.539. The maximum atomic E-state index is 5.87. The highest BCUT2D eigenvalue weighted by atomic mass is 16.5. The monoisotopic (exact) mass is 356 g/mol. The number of hydrogen-bond acceptors (Lipinski definition) is 5. The lowest BCUT2D eigenvalue weighted by molar-refractivity contribution is 0.415. The number of nitrogens with one attached hydrogen (secondary N) is 1. The van der Waals surface area contributed by atoms with Crippen LogP contribution in [0.4, 0.5) is 5.69 Å². The topological polar surface area (TPSA) is 56.5 Å². The van der Waals surface area contributed by atoms with Crippen molar-refractivity contribution in [2.24, 2.45) is 0 Å². The minimum atomic E-state index is 0.469. The largest absolute Gasteiger partial charge is 0.497 e. The van der Waals surface area contributed by atoms with Gasteiger partial charge in [0.2, 0.25) is 11.8 Å². The third-order valence-electron chi connectivity index (χ3n) is 4.43. The number of ether oxygens (including phenoxy) is 2. The summed E-state index contributed by atoms with van der Waals surface area (Å²) in [7, 11) is 1.63. The zero-order chi connectivity index (χ0) is 18.2. The van der Waals surface area contributed by atoms with Crippen LogP contribution in [0, 0.1) is 0 Å². The molecule has 0 spiro atoms. The van der Waals surface area contributed by atoms with E-state index in [1.165, 1.54) is 0 Å². The van der Waals surface area contributed by atoms with Crippen molar-refractivity contribution in [3.05, 3.63) is 78.5 Å². The fraction of sp³-hybridized carbons (Fsp3) is 0.0455. The van der Waals surface area contributed by atoms with Crippen molar-refractivity contribution >= 4 is 22.9 Å². The molecule has 0 saturated heterocycles. The zero-order valence-electron chi connectivity index (χ0n) is 14.6. The van der Waals surface area contributed by atoms with Crippen molar-refractivity contribution < 1.29 is 13.9 Å². The lowest BCUT2D eigenvalue weighted by atomic mass is 10.1. The van der Waals surface area contributed by atoms with Crippen LogP contribution in [0.1, 0.15) is 5.89 Å². The second-order valence-electron chi connectivity index (χ2n) is 6.20. The van der Waals surface area contributed by atoms with Crippen LogP contribution >= 0.6 is 0 Å². The van der Waals surface area contributed by atoms with Gasteiger partial charge in [0.15, 0.2) is 11.3 Å². The molecule has 132 valence electrons. The van der Waals surface area contributed by atoms with E-state index < -0.39 is 0 Å². The zero-order valence-corrected chi connectivity index (χ0v) is 14.6. The Labute approximate surface area is 155 Å². The van der Waals surface area contributed by atoms with Gasteiger partial charge in [0.05, 0.1) is 18.9 Å². The van der Waals surface area contributed by atoms with Crippen LogP contribution in [0.5, 0.6) is 11.5 Å². The van der Waals surface area contributed by atoms with Crippen LogP contribution in [0.15, 0.2) is 77.0 Å². The van der Waals surface area contributed by atoms with Gasteiger partial charge in [0, 0.05) is 6.07 Å². The van der Waals surface area contributed by atoms with Crippen molar-refractivity contribution in [3.63, 3.8) is 0 Å². The molecule has 0 saturated carbocycles. The molecule has 2 heterocycles. The predicted octanol–water partition coefficient (Wildman–Crippen LogP) is 5.31. The molecular weight excluding hydrogens is 340 g/mol. The highest BCUT2D eigenvalue weighted by Crippen LogP contribution is 2.37. The van der Waals surface area contributed by atoms with Crippen molar-refractivity contribution in [3.8, 4) is 22.6 Å². The summed E-state index contributed by atoms with van der Waals surface area (Å²) in [6.45, 7) is 0. The van der Waals surface area contributed by atoms with Crippen molar-refractivity contribution in [2.75, 3.05) is 12.4 Å². The first kappa shape index (κ1) is 15.5. The SMILES string of the molecule is COc1ccc2oc(C=C3Nc4cc(-c5ccccc5)ccc4O3)nc2c1. The Morgan fingerprint density at radius 3 is 2.70 bits per heavy atom. The van der Waals surface area contributed by atoms with Gasteiger partial charge in [-0.3, -0.25) is 0 Å². The number of rotatable bonds is 3. The van der Waals surface area contributed by atoms with Crippen LogP contribution in [-0.4, -0.2) is 12.1 Å². The molecule has 0 fully saturated rings. The number of anilines is 1. The van der Waals surface area contributed by atoms with E-state index in [4.69, 9.17) is 13.9 Å². The van der Waals surface area contributed by atoms with Gasteiger partial charge in [-0.05, 0) is 35.4 Å². The third kappa shape index (κ3) is 2.89. The first-order valence-corrected chi connectivity index (χ1v) is 8.59. The molecule has 0 unspecified atom stereocenters. The Kier molecular flexibility index (Phi) is 3.57. The minimum absolute atomic E-state index is 0.469. The molecule has 3 aromatic carbocycles. The standard InChI is InChI=1S/C22H16N2O3/c1-25-16-8-10-20-18(12-16)24-22(27-20)13-21-23-17-11-15(7-9-19(17)26-21)14-5-3-2-4-6-14/h2-13,23H,1H3. The van der Waals surface area contributed by atoms with Crippen LogP contribution in [-0.2, 0) is 0 Å². The van der Waals surface area contributed by atoms with E-state index in [1.54, 1.807) is 13.2 Å². The lowest BCUT2D eigenvalue weighted by Gasteiger charge is -2.03. The first-order chi connectivity index (χ1) is 13.3. The average molecular weight is 356 g/mol. The molecule has 4 aromatic rings. The van der Waals surface area contributed by atoms with E-state index in [0.717, 1.165) is 33.8 Å². The molecular formula is C22H16N2O3. The second kappa shape index (κ2) is 6.21. The summed E-state index contributed by atoms with van der Waals surface area (Å²) >= 11 is 0. The van der Waals surface area contributed by atoms with Crippen LogP contribution in [0.25, 0.3) is 28.3 Å². The van der Waals surface area contributed by atoms with Crippen LogP contribution in [0.3, 0.4) is 0 Å². The molecule has 1 N–H and O–H groups in total. The fourth-order valence-corrected chi connectivity index (χ4v) is 3.10. The Morgan fingerprint density at radius 2 is 1.85 bits per heavy atom. The molecule has 5 rings (SSSR count). The van der Waals surface area contributed by atoms with Gasteiger partial charge in [-0.1, -0.05) is 36.4 Å². The van der Waals surface area contributed by atoms with Gasteiger partial charge in [0.1, 0.15) is 11.3 Å². The van der Waals surface area contributed by atoms with Gasteiger partial charge in [-0.15, -0.1) is 0 Å². The first-order valence-electron chi connectivity index (χ1n) is 8.59. The normalized spacial score (nSPS) is 14.0. The number of nitrogens with zero attached hydrogens (tertiary/aromatic N) is 1. The molecule has 27 heavy (non-hydrogen) atoms. The van der Waals surface area contributed by atoms with E-state index in [1.807, 2.05) is 48.5 Å². The molecule has 1 aromatic heterocycles. The molecule has 0 bridgehead atoms. The van der Waals surface area contributed by atoms with Crippen molar-refractivity contribution in [2.45, 2.75) is 0 Å². The molecule has 0 atom stereocenters. The molecule has 1 aliphatic rings. The maximum Gasteiger partial charge on any atom is 0.225 e. The number of aromatic nitrogens is 1. The average Bonchev–Trinajstić information content (AvgIpc) is 3.30. The van der Waals surface area contributed by atoms with Gasteiger partial charge in [0.25, 0.3) is 0 Å². The predicted molar refractivity (Wildman–Crippen MR) is 105 cm³/mol.